The van der Waals surface area contributed by atoms with Crippen LogP contribution in [-0.2, 0) is 15.1 Å². The second kappa shape index (κ2) is 6.08. The maximum atomic E-state index is 13.1. The molecular formula is C21H26N2O3. The Bertz CT molecular complexity index is 739. The first kappa shape index (κ1) is 16.3. The number of piperazine rings is 1. The van der Waals surface area contributed by atoms with E-state index in [-0.39, 0.29) is 11.9 Å². The van der Waals surface area contributed by atoms with Gasteiger partial charge in [-0.15, -0.1) is 0 Å². The first-order valence-electron chi connectivity index (χ1n) is 10.0. The summed E-state index contributed by atoms with van der Waals surface area (Å²) in [4.78, 5) is 29.9. The second-order valence-electron chi connectivity index (χ2n) is 8.32. The third-order valence-corrected chi connectivity index (χ3v) is 6.97. The Morgan fingerprint density at radius 3 is 2.73 bits per heavy atom. The summed E-state index contributed by atoms with van der Waals surface area (Å²) in [6.45, 7) is 3.99. The molecule has 1 atom stereocenters. The van der Waals surface area contributed by atoms with Gasteiger partial charge in [0.05, 0.1) is 5.56 Å². The molecule has 0 N–H and O–H groups in total. The van der Waals surface area contributed by atoms with Crippen LogP contribution in [0.15, 0.2) is 24.3 Å². The number of rotatable bonds is 1. The highest BCUT2D eigenvalue weighted by molar-refractivity contribution is 5.94. The lowest BCUT2D eigenvalue weighted by molar-refractivity contribution is -0.141. The molecule has 5 heteroatoms. The summed E-state index contributed by atoms with van der Waals surface area (Å²) in [5, 5.41) is 0. The third-order valence-electron chi connectivity index (χ3n) is 6.97. The molecule has 0 unspecified atom stereocenters. The molecule has 26 heavy (non-hydrogen) atoms. The topological polar surface area (TPSA) is 49.9 Å². The van der Waals surface area contributed by atoms with Crippen molar-refractivity contribution in [2.24, 2.45) is 5.92 Å². The zero-order valence-corrected chi connectivity index (χ0v) is 15.2. The van der Waals surface area contributed by atoms with Gasteiger partial charge in [-0.1, -0.05) is 18.2 Å². The van der Waals surface area contributed by atoms with Gasteiger partial charge in [0.2, 0.25) is 5.91 Å². The van der Waals surface area contributed by atoms with Gasteiger partial charge in [-0.3, -0.25) is 9.69 Å². The molecule has 1 aromatic rings. The van der Waals surface area contributed by atoms with Crippen molar-refractivity contribution in [1.29, 1.82) is 0 Å². The maximum Gasteiger partial charge on any atom is 0.339 e. The predicted octanol–water partition coefficient (Wildman–Crippen LogP) is 2.55. The smallest absolute Gasteiger partial charge is 0.339 e. The molecule has 2 saturated heterocycles. The molecule has 3 aliphatic heterocycles. The Morgan fingerprint density at radius 1 is 1.08 bits per heavy atom. The minimum Gasteiger partial charge on any atom is -0.451 e. The third kappa shape index (κ3) is 2.48. The van der Waals surface area contributed by atoms with Crippen LogP contribution in [0.25, 0.3) is 0 Å². The average molecular weight is 354 g/mol. The van der Waals surface area contributed by atoms with Crippen LogP contribution in [0.1, 0.15) is 54.4 Å². The van der Waals surface area contributed by atoms with E-state index in [1.165, 1.54) is 19.4 Å². The minimum absolute atomic E-state index is 0.0834. The van der Waals surface area contributed by atoms with Gasteiger partial charge in [-0.05, 0) is 51.1 Å². The lowest BCUT2D eigenvalue weighted by Crippen LogP contribution is -2.53. The van der Waals surface area contributed by atoms with Gasteiger partial charge in [0.15, 0.2) is 0 Å². The molecular weight excluding hydrogens is 328 g/mol. The summed E-state index contributed by atoms with van der Waals surface area (Å²) >= 11 is 0. The van der Waals surface area contributed by atoms with Crippen molar-refractivity contribution in [2.75, 3.05) is 26.2 Å². The van der Waals surface area contributed by atoms with E-state index in [9.17, 15) is 9.59 Å². The van der Waals surface area contributed by atoms with Crippen LogP contribution < -0.4 is 0 Å². The van der Waals surface area contributed by atoms with Crippen LogP contribution in [0.4, 0.5) is 0 Å². The van der Waals surface area contributed by atoms with E-state index in [1.54, 1.807) is 0 Å². The van der Waals surface area contributed by atoms with Crippen molar-refractivity contribution in [2.45, 2.75) is 50.2 Å². The zero-order valence-electron chi connectivity index (χ0n) is 15.2. The summed E-state index contributed by atoms with van der Waals surface area (Å²) < 4.78 is 5.82. The molecule has 5 nitrogen and oxygen atoms in total. The number of ether oxygens (including phenoxy) is 1. The minimum atomic E-state index is -0.491. The van der Waals surface area contributed by atoms with Gasteiger partial charge >= 0.3 is 5.97 Å². The fourth-order valence-corrected chi connectivity index (χ4v) is 5.50. The van der Waals surface area contributed by atoms with Crippen LogP contribution >= 0.6 is 0 Å². The van der Waals surface area contributed by atoms with E-state index in [0.717, 1.165) is 50.9 Å². The Balaban J connectivity index is 1.26. The van der Waals surface area contributed by atoms with Gasteiger partial charge in [0.1, 0.15) is 5.60 Å². The van der Waals surface area contributed by atoms with Crippen LogP contribution in [0.2, 0.25) is 0 Å². The standard InChI is InChI=1S/C21H26N2O3/c24-19(23-13-12-22-11-3-4-16(22)14-23)15-7-9-21(10-8-15)18-6-2-1-5-17(18)20(25)26-21/h1-2,5-6,15-16H,3-4,7-14H2/t15-,16-,21-/m1/s1. The van der Waals surface area contributed by atoms with Crippen molar-refractivity contribution in [3.8, 4) is 0 Å². The highest BCUT2D eigenvalue weighted by Crippen LogP contribution is 2.48. The summed E-state index contributed by atoms with van der Waals surface area (Å²) in [5.74, 6) is 0.201. The Kier molecular flexibility index (Phi) is 3.82. The van der Waals surface area contributed by atoms with Crippen LogP contribution in [-0.4, -0.2) is 53.9 Å². The Labute approximate surface area is 154 Å². The molecule has 1 spiro atoms. The number of carbonyl (C=O) groups excluding carboxylic acids is 2. The molecule has 0 radical (unpaired) electrons. The van der Waals surface area contributed by atoms with E-state index in [2.05, 4.69) is 9.80 Å². The van der Waals surface area contributed by atoms with Crippen molar-refractivity contribution >= 4 is 11.9 Å². The SMILES string of the molecule is O=C1O[C@]2(CC[C@H](C(=O)N3CCN4CCC[C@@H]4C3)CC2)c2ccccc21. The van der Waals surface area contributed by atoms with Gasteiger partial charge in [0, 0.05) is 37.2 Å². The van der Waals surface area contributed by atoms with Gasteiger partial charge < -0.3 is 9.64 Å². The predicted molar refractivity (Wildman–Crippen MR) is 96.7 cm³/mol. The van der Waals surface area contributed by atoms with E-state index < -0.39 is 5.60 Å². The highest BCUT2D eigenvalue weighted by Gasteiger charge is 2.48. The van der Waals surface area contributed by atoms with E-state index in [4.69, 9.17) is 4.74 Å². The van der Waals surface area contributed by atoms with Crippen molar-refractivity contribution < 1.29 is 14.3 Å². The molecule has 0 aromatic heterocycles. The van der Waals surface area contributed by atoms with Gasteiger partial charge in [0.25, 0.3) is 0 Å². The molecule has 1 saturated carbocycles. The summed E-state index contributed by atoms with van der Waals surface area (Å²) in [6, 6.07) is 8.30. The summed E-state index contributed by atoms with van der Waals surface area (Å²) in [5.41, 5.74) is 1.24. The van der Waals surface area contributed by atoms with E-state index in [1.807, 2.05) is 24.3 Å². The first-order valence-corrected chi connectivity index (χ1v) is 10.0. The number of amides is 1. The molecule has 5 rings (SSSR count). The largest absolute Gasteiger partial charge is 0.451 e. The van der Waals surface area contributed by atoms with E-state index in [0.29, 0.717) is 17.5 Å². The van der Waals surface area contributed by atoms with Gasteiger partial charge in [-0.25, -0.2) is 4.79 Å². The number of esters is 1. The normalized spacial score (nSPS) is 33.8. The molecule has 3 fully saturated rings. The first-order chi connectivity index (χ1) is 12.7. The summed E-state index contributed by atoms with van der Waals surface area (Å²) in [6.07, 6.45) is 5.63. The molecule has 0 bridgehead atoms. The van der Waals surface area contributed by atoms with Crippen LogP contribution in [0, 0.1) is 5.92 Å². The van der Waals surface area contributed by atoms with Gasteiger partial charge in [-0.2, -0.15) is 0 Å². The van der Waals surface area contributed by atoms with Crippen LogP contribution in [0.5, 0.6) is 0 Å². The summed E-state index contributed by atoms with van der Waals surface area (Å²) in [7, 11) is 0. The molecule has 138 valence electrons. The Hall–Kier alpha value is -1.88. The lowest BCUT2D eigenvalue weighted by atomic mass is 9.74. The lowest BCUT2D eigenvalue weighted by Gasteiger charge is -2.41. The van der Waals surface area contributed by atoms with Crippen molar-refractivity contribution in [1.82, 2.24) is 9.80 Å². The number of hydrogen-bond acceptors (Lipinski definition) is 4. The average Bonchev–Trinajstić information content (AvgIpc) is 3.25. The van der Waals surface area contributed by atoms with Crippen LogP contribution in [0.3, 0.4) is 0 Å². The highest BCUT2D eigenvalue weighted by atomic mass is 16.6. The number of carbonyl (C=O) groups is 2. The zero-order chi connectivity index (χ0) is 17.7. The molecule has 3 heterocycles. The number of benzene rings is 1. The van der Waals surface area contributed by atoms with Crippen molar-refractivity contribution in [3.63, 3.8) is 0 Å². The number of nitrogens with zero attached hydrogens (tertiary/aromatic N) is 2. The monoisotopic (exact) mass is 354 g/mol. The second-order valence-corrected chi connectivity index (χ2v) is 8.32. The fourth-order valence-electron chi connectivity index (χ4n) is 5.50. The van der Waals surface area contributed by atoms with Crippen molar-refractivity contribution in [3.05, 3.63) is 35.4 Å². The fraction of sp³-hybridized carbons (Fsp3) is 0.619. The number of fused-ring (bicyclic) bond motifs is 3. The molecule has 4 aliphatic rings. The Morgan fingerprint density at radius 2 is 1.88 bits per heavy atom. The molecule has 1 amide bonds. The quantitative estimate of drug-likeness (QED) is 0.728. The number of hydrogen-bond donors (Lipinski definition) is 0. The maximum absolute atomic E-state index is 13.1. The van der Waals surface area contributed by atoms with E-state index >= 15 is 0 Å². The molecule has 1 aromatic carbocycles. The molecule has 1 aliphatic carbocycles.